The van der Waals surface area contributed by atoms with Crippen LogP contribution in [-0.2, 0) is 0 Å². The number of nitrogens with one attached hydrogen (secondary N) is 2. The molecule has 2 fully saturated rings. The molecule has 0 spiro atoms. The third-order valence-corrected chi connectivity index (χ3v) is 5.24. The molecule has 132 valence electrons. The van der Waals surface area contributed by atoms with Crippen molar-refractivity contribution in [1.82, 2.24) is 15.5 Å². The van der Waals surface area contributed by atoms with Crippen molar-refractivity contribution in [1.29, 1.82) is 0 Å². The molecule has 0 unspecified atom stereocenters. The fraction of sp³-hybridized carbons (Fsp3) is 0.632. The average molecular weight is 330 g/mol. The molecule has 24 heavy (non-hydrogen) atoms. The van der Waals surface area contributed by atoms with Gasteiger partial charge in [0.25, 0.3) is 0 Å². The molecule has 0 aromatic heterocycles. The summed E-state index contributed by atoms with van der Waals surface area (Å²) in [5.74, 6) is 0.534. The van der Waals surface area contributed by atoms with Gasteiger partial charge in [-0.2, -0.15) is 0 Å². The lowest BCUT2D eigenvalue weighted by Crippen LogP contribution is -2.45. The molecule has 3 rings (SSSR count). The Morgan fingerprint density at radius 2 is 1.96 bits per heavy atom. The second-order valence-electron chi connectivity index (χ2n) is 7.36. The van der Waals surface area contributed by atoms with E-state index in [2.05, 4.69) is 58.5 Å². The maximum atomic E-state index is 12.1. The summed E-state index contributed by atoms with van der Waals surface area (Å²) < 4.78 is 0. The number of amides is 2. The van der Waals surface area contributed by atoms with Crippen molar-refractivity contribution in [3.8, 4) is 0 Å². The first kappa shape index (κ1) is 17.1. The molecule has 0 bridgehead atoms. The molecular weight excluding hydrogens is 300 g/mol. The third kappa shape index (κ3) is 4.41. The number of carbonyl (C=O) groups excluding carboxylic acids is 1. The lowest BCUT2D eigenvalue weighted by molar-refractivity contribution is 0.232. The summed E-state index contributed by atoms with van der Waals surface area (Å²) in [7, 11) is 0. The Kier molecular flexibility index (Phi) is 5.61. The van der Waals surface area contributed by atoms with Crippen molar-refractivity contribution in [3.63, 3.8) is 0 Å². The number of benzene rings is 1. The monoisotopic (exact) mass is 330 g/mol. The highest BCUT2D eigenvalue weighted by Gasteiger charge is 2.26. The molecule has 5 nitrogen and oxygen atoms in total. The van der Waals surface area contributed by atoms with E-state index >= 15 is 0 Å². The topological polar surface area (TPSA) is 47.6 Å². The summed E-state index contributed by atoms with van der Waals surface area (Å²) >= 11 is 0. The fourth-order valence-electron chi connectivity index (χ4n) is 3.72. The zero-order valence-electron chi connectivity index (χ0n) is 14.9. The first-order valence-corrected chi connectivity index (χ1v) is 9.20. The number of carbonyl (C=O) groups is 1. The minimum atomic E-state index is -0.0104. The van der Waals surface area contributed by atoms with Gasteiger partial charge in [0.1, 0.15) is 0 Å². The summed E-state index contributed by atoms with van der Waals surface area (Å²) in [5, 5.41) is 6.20. The molecule has 0 radical (unpaired) electrons. The Labute approximate surface area is 145 Å². The van der Waals surface area contributed by atoms with Crippen LogP contribution in [0.5, 0.6) is 0 Å². The summed E-state index contributed by atoms with van der Waals surface area (Å²) in [4.78, 5) is 17.0. The van der Waals surface area contributed by atoms with Crippen molar-refractivity contribution in [2.45, 2.75) is 38.8 Å². The van der Waals surface area contributed by atoms with Crippen LogP contribution >= 0.6 is 0 Å². The molecule has 2 N–H and O–H groups in total. The van der Waals surface area contributed by atoms with Gasteiger partial charge in [0, 0.05) is 50.5 Å². The highest BCUT2D eigenvalue weighted by Crippen LogP contribution is 2.22. The maximum Gasteiger partial charge on any atom is 0.315 e. The number of likely N-dealkylation sites (tertiary alicyclic amines) is 1. The molecular formula is C19H30N4O. The van der Waals surface area contributed by atoms with E-state index in [1.54, 1.807) is 0 Å². The Hall–Kier alpha value is -1.75. The van der Waals surface area contributed by atoms with Crippen LogP contribution < -0.4 is 15.5 Å². The van der Waals surface area contributed by atoms with Crippen LogP contribution in [0.2, 0.25) is 0 Å². The van der Waals surface area contributed by atoms with Crippen LogP contribution in [0.25, 0.3) is 0 Å². The van der Waals surface area contributed by atoms with Gasteiger partial charge in [-0.3, -0.25) is 4.90 Å². The summed E-state index contributed by atoms with van der Waals surface area (Å²) in [6.45, 7) is 9.32. The Balaban J connectivity index is 1.37. The molecule has 1 aromatic carbocycles. The number of rotatable bonds is 5. The quantitative estimate of drug-likeness (QED) is 0.871. The van der Waals surface area contributed by atoms with Crippen molar-refractivity contribution in [2.75, 3.05) is 37.6 Å². The maximum absolute atomic E-state index is 12.1. The minimum absolute atomic E-state index is 0.0104. The molecule has 0 aliphatic carbocycles. The van der Waals surface area contributed by atoms with Crippen molar-refractivity contribution >= 4 is 11.7 Å². The average Bonchev–Trinajstić information content (AvgIpc) is 3.23. The van der Waals surface area contributed by atoms with E-state index in [4.69, 9.17) is 0 Å². The molecule has 2 saturated heterocycles. The van der Waals surface area contributed by atoms with E-state index in [1.165, 1.54) is 5.69 Å². The fourth-order valence-corrected chi connectivity index (χ4v) is 3.72. The highest BCUT2D eigenvalue weighted by atomic mass is 16.2. The molecule has 0 saturated carbocycles. The van der Waals surface area contributed by atoms with E-state index in [-0.39, 0.29) is 12.1 Å². The van der Waals surface area contributed by atoms with Crippen molar-refractivity contribution < 1.29 is 4.79 Å². The summed E-state index contributed by atoms with van der Waals surface area (Å²) in [6, 6.07) is 11.4. The number of para-hydroxylation sites is 1. The second-order valence-corrected chi connectivity index (χ2v) is 7.36. The summed E-state index contributed by atoms with van der Waals surface area (Å²) in [5.41, 5.74) is 1.28. The van der Waals surface area contributed by atoms with Gasteiger partial charge < -0.3 is 15.5 Å². The normalized spacial score (nSPS) is 24.5. The van der Waals surface area contributed by atoms with Crippen LogP contribution in [0.1, 0.15) is 26.7 Å². The predicted octanol–water partition coefficient (Wildman–Crippen LogP) is 2.29. The van der Waals surface area contributed by atoms with Gasteiger partial charge in [-0.05, 0) is 44.7 Å². The van der Waals surface area contributed by atoms with Crippen LogP contribution in [0.4, 0.5) is 10.5 Å². The van der Waals surface area contributed by atoms with Crippen LogP contribution in [-0.4, -0.2) is 55.7 Å². The lowest BCUT2D eigenvalue weighted by atomic mass is 10.1. The van der Waals surface area contributed by atoms with Gasteiger partial charge in [0.15, 0.2) is 0 Å². The molecule has 5 heteroatoms. The number of hydrogen-bond donors (Lipinski definition) is 2. The molecule has 2 atom stereocenters. The predicted molar refractivity (Wildman–Crippen MR) is 98.4 cm³/mol. The van der Waals surface area contributed by atoms with Crippen LogP contribution in [0.15, 0.2) is 30.3 Å². The van der Waals surface area contributed by atoms with E-state index in [0.29, 0.717) is 12.0 Å². The van der Waals surface area contributed by atoms with E-state index in [0.717, 1.165) is 45.6 Å². The van der Waals surface area contributed by atoms with Crippen LogP contribution in [0.3, 0.4) is 0 Å². The molecule has 2 heterocycles. The first-order chi connectivity index (χ1) is 11.6. The smallest absolute Gasteiger partial charge is 0.315 e. The summed E-state index contributed by atoms with van der Waals surface area (Å²) in [6.07, 6.45) is 2.19. The SMILES string of the molecule is CC(C)N1CC[C@@H](NC(=O)NC[C@@H]2CCN(c3ccccc3)C2)C1. The van der Waals surface area contributed by atoms with Crippen LogP contribution in [0, 0.1) is 5.92 Å². The Bertz CT molecular complexity index is 533. The Morgan fingerprint density at radius 1 is 1.17 bits per heavy atom. The van der Waals surface area contributed by atoms with E-state index < -0.39 is 0 Å². The third-order valence-electron chi connectivity index (χ3n) is 5.24. The zero-order chi connectivity index (χ0) is 16.9. The number of anilines is 1. The molecule has 2 amide bonds. The molecule has 2 aliphatic heterocycles. The largest absolute Gasteiger partial charge is 0.371 e. The van der Waals surface area contributed by atoms with Crippen molar-refractivity contribution in [3.05, 3.63) is 30.3 Å². The second kappa shape index (κ2) is 7.88. The van der Waals surface area contributed by atoms with Gasteiger partial charge >= 0.3 is 6.03 Å². The minimum Gasteiger partial charge on any atom is -0.371 e. The Morgan fingerprint density at radius 3 is 2.67 bits per heavy atom. The first-order valence-electron chi connectivity index (χ1n) is 9.20. The highest BCUT2D eigenvalue weighted by molar-refractivity contribution is 5.74. The molecule has 2 aliphatic rings. The number of urea groups is 1. The van der Waals surface area contributed by atoms with E-state index in [9.17, 15) is 4.79 Å². The molecule has 1 aromatic rings. The van der Waals surface area contributed by atoms with Gasteiger partial charge in [-0.1, -0.05) is 18.2 Å². The van der Waals surface area contributed by atoms with Gasteiger partial charge in [0.05, 0.1) is 0 Å². The zero-order valence-corrected chi connectivity index (χ0v) is 14.9. The lowest BCUT2D eigenvalue weighted by Gasteiger charge is -2.21. The van der Waals surface area contributed by atoms with Crippen molar-refractivity contribution in [2.24, 2.45) is 5.92 Å². The van der Waals surface area contributed by atoms with E-state index in [1.807, 2.05) is 6.07 Å². The van der Waals surface area contributed by atoms with Gasteiger partial charge in [-0.25, -0.2) is 4.79 Å². The number of hydrogen-bond acceptors (Lipinski definition) is 3. The number of nitrogens with zero attached hydrogens (tertiary/aromatic N) is 2. The van der Waals surface area contributed by atoms with Gasteiger partial charge in [-0.15, -0.1) is 0 Å². The van der Waals surface area contributed by atoms with Gasteiger partial charge in [0.2, 0.25) is 0 Å². The standard InChI is InChI=1S/C19H30N4O/c1-15(2)22-11-9-17(14-22)21-19(24)20-12-16-8-10-23(13-16)18-6-4-3-5-7-18/h3-7,15-17H,8-14H2,1-2H3,(H2,20,21,24)/t16-,17+/m0/s1.